The molecule has 2 heterocycles. The van der Waals surface area contributed by atoms with Gasteiger partial charge < -0.3 is 31.1 Å². The lowest BCUT2D eigenvalue weighted by atomic mass is 10.0. The Morgan fingerprint density at radius 3 is 2.18 bits per heavy atom. The number of carbonyl (C=O) groups is 4. The molecule has 0 bridgehead atoms. The molecule has 10 nitrogen and oxygen atoms in total. The standard InChI is InChI=1S/C18H30N4O6/c1-10(11(2)24)17(27)22-8-4-6-14(22)18(28)21-7-3-5-13(21)16(26)20-12(9-23)15(19)25/h10-14,23-24H,3-9H2,1-2H3,(H2,19,25)(H,20,26)/t10-,11+,12-,13-,14-/m0/s1. The number of likely N-dealkylation sites (tertiary alicyclic amines) is 2. The maximum Gasteiger partial charge on any atom is 0.246 e. The van der Waals surface area contributed by atoms with Crippen LogP contribution in [-0.4, -0.2) is 87.6 Å². The molecule has 158 valence electrons. The molecule has 2 aliphatic rings. The van der Waals surface area contributed by atoms with Gasteiger partial charge in [0.1, 0.15) is 18.1 Å². The number of nitrogens with one attached hydrogen (secondary N) is 1. The molecule has 0 aromatic heterocycles. The molecular weight excluding hydrogens is 368 g/mol. The third kappa shape index (κ3) is 4.61. The van der Waals surface area contributed by atoms with Crippen LogP contribution in [0.2, 0.25) is 0 Å². The van der Waals surface area contributed by atoms with Gasteiger partial charge in [-0.15, -0.1) is 0 Å². The Morgan fingerprint density at radius 1 is 1.07 bits per heavy atom. The van der Waals surface area contributed by atoms with E-state index >= 15 is 0 Å². The quantitative estimate of drug-likeness (QED) is 0.387. The summed E-state index contributed by atoms with van der Waals surface area (Å²) in [5.41, 5.74) is 5.13. The van der Waals surface area contributed by atoms with E-state index in [9.17, 15) is 24.3 Å². The van der Waals surface area contributed by atoms with E-state index in [1.807, 2.05) is 0 Å². The molecule has 0 saturated carbocycles. The molecule has 4 amide bonds. The summed E-state index contributed by atoms with van der Waals surface area (Å²) in [5, 5.41) is 21.2. The monoisotopic (exact) mass is 398 g/mol. The Labute approximate surface area is 164 Å². The van der Waals surface area contributed by atoms with Crippen molar-refractivity contribution in [3.8, 4) is 0 Å². The molecule has 0 radical (unpaired) electrons. The molecule has 5 atom stereocenters. The number of nitrogens with zero attached hydrogens (tertiary/aromatic N) is 2. The van der Waals surface area contributed by atoms with Crippen molar-refractivity contribution in [3.05, 3.63) is 0 Å². The van der Waals surface area contributed by atoms with E-state index in [4.69, 9.17) is 10.8 Å². The van der Waals surface area contributed by atoms with Crippen LogP contribution in [0, 0.1) is 5.92 Å². The van der Waals surface area contributed by atoms with Crippen LogP contribution >= 0.6 is 0 Å². The zero-order valence-electron chi connectivity index (χ0n) is 16.3. The van der Waals surface area contributed by atoms with Crippen molar-refractivity contribution < 1.29 is 29.4 Å². The van der Waals surface area contributed by atoms with Crippen LogP contribution in [0.4, 0.5) is 0 Å². The fraction of sp³-hybridized carbons (Fsp3) is 0.778. The highest BCUT2D eigenvalue weighted by Crippen LogP contribution is 2.26. The number of aliphatic hydroxyl groups excluding tert-OH is 2. The molecule has 0 spiro atoms. The topological polar surface area (TPSA) is 153 Å². The van der Waals surface area contributed by atoms with Gasteiger partial charge in [-0.2, -0.15) is 0 Å². The first-order chi connectivity index (χ1) is 13.2. The van der Waals surface area contributed by atoms with Gasteiger partial charge in [-0.1, -0.05) is 6.92 Å². The number of carbonyl (C=O) groups excluding carboxylic acids is 4. The molecule has 2 rings (SSSR count). The highest BCUT2D eigenvalue weighted by atomic mass is 16.3. The first-order valence-corrected chi connectivity index (χ1v) is 9.68. The molecule has 0 aromatic rings. The Balaban J connectivity index is 2.10. The summed E-state index contributed by atoms with van der Waals surface area (Å²) in [6, 6.07) is -2.64. The zero-order valence-corrected chi connectivity index (χ0v) is 16.3. The van der Waals surface area contributed by atoms with Crippen LogP contribution in [0.1, 0.15) is 39.5 Å². The van der Waals surface area contributed by atoms with E-state index in [1.54, 1.807) is 6.92 Å². The number of nitrogens with two attached hydrogens (primary N) is 1. The minimum atomic E-state index is -1.21. The minimum absolute atomic E-state index is 0.278. The fourth-order valence-corrected chi connectivity index (χ4v) is 3.72. The van der Waals surface area contributed by atoms with Crippen LogP contribution in [0.25, 0.3) is 0 Å². The van der Waals surface area contributed by atoms with Gasteiger partial charge in [0.05, 0.1) is 18.6 Å². The Bertz CT molecular complexity index is 625. The third-order valence-corrected chi connectivity index (χ3v) is 5.62. The highest BCUT2D eigenvalue weighted by Gasteiger charge is 2.43. The second-order valence-electron chi connectivity index (χ2n) is 7.55. The average molecular weight is 398 g/mol. The van der Waals surface area contributed by atoms with Gasteiger partial charge in [0, 0.05) is 13.1 Å². The van der Waals surface area contributed by atoms with E-state index < -0.39 is 48.6 Å². The van der Waals surface area contributed by atoms with Crippen molar-refractivity contribution in [2.75, 3.05) is 19.7 Å². The minimum Gasteiger partial charge on any atom is -0.394 e. The lowest BCUT2D eigenvalue weighted by Gasteiger charge is -2.32. The molecule has 0 aromatic carbocycles. The summed E-state index contributed by atoms with van der Waals surface area (Å²) >= 11 is 0. The SMILES string of the molecule is C[C@H](C(=O)N1CCC[C@H]1C(=O)N1CCC[C@H]1C(=O)N[C@@H](CO)C(N)=O)[C@@H](C)O. The van der Waals surface area contributed by atoms with Gasteiger partial charge in [0.2, 0.25) is 23.6 Å². The molecule has 2 saturated heterocycles. The number of amides is 4. The van der Waals surface area contributed by atoms with Gasteiger partial charge in [0.15, 0.2) is 0 Å². The number of primary amides is 1. The zero-order chi connectivity index (χ0) is 21.0. The van der Waals surface area contributed by atoms with Crippen molar-refractivity contribution in [1.82, 2.24) is 15.1 Å². The van der Waals surface area contributed by atoms with Gasteiger partial charge in [-0.05, 0) is 32.6 Å². The first-order valence-electron chi connectivity index (χ1n) is 9.68. The van der Waals surface area contributed by atoms with Crippen molar-refractivity contribution in [1.29, 1.82) is 0 Å². The number of aliphatic hydroxyl groups is 2. The maximum absolute atomic E-state index is 13.1. The van der Waals surface area contributed by atoms with Gasteiger partial charge in [-0.25, -0.2) is 0 Å². The summed E-state index contributed by atoms with van der Waals surface area (Å²) in [6.45, 7) is 3.35. The number of hydrogen-bond acceptors (Lipinski definition) is 6. The van der Waals surface area contributed by atoms with E-state index in [2.05, 4.69) is 5.32 Å². The van der Waals surface area contributed by atoms with E-state index in [-0.39, 0.29) is 11.8 Å². The fourth-order valence-electron chi connectivity index (χ4n) is 3.72. The second kappa shape index (κ2) is 9.33. The van der Waals surface area contributed by atoms with E-state index in [1.165, 1.54) is 16.7 Å². The maximum atomic E-state index is 13.1. The molecule has 0 unspecified atom stereocenters. The van der Waals surface area contributed by atoms with Crippen LogP contribution in [0.5, 0.6) is 0 Å². The first kappa shape index (κ1) is 22.1. The lowest BCUT2D eigenvalue weighted by Crippen LogP contribution is -2.56. The number of hydrogen-bond donors (Lipinski definition) is 4. The molecule has 10 heteroatoms. The van der Waals surface area contributed by atoms with E-state index in [0.29, 0.717) is 38.8 Å². The predicted molar refractivity (Wildman–Crippen MR) is 98.5 cm³/mol. The van der Waals surface area contributed by atoms with Crippen molar-refractivity contribution in [2.24, 2.45) is 11.7 Å². The van der Waals surface area contributed by atoms with Gasteiger partial charge >= 0.3 is 0 Å². The van der Waals surface area contributed by atoms with Crippen molar-refractivity contribution in [2.45, 2.75) is 63.8 Å². The summed E-state index contributed by atoms with van der Waals surface area (Å²) in [6.07, 6.45) is 1.41. The summed E-state index contributed by atoms with van der Waals surface area (Å²) < 4.78 is 0. The van der Waals surface area contributed by atoms with Gasteiger partial charge in [0.25, 0.3) is 0 Å². The summed E-state index contributed by atoms with van der Waals surface area (Å²) in [5.74, 6) is -2.60. The summed E-state index contributed by atoms with van der Waals surface area (Å²) in [4.78, 5) is 52.4. The molecule has 2 fully saturated rings. The second-order valence-corrected chi connectivity index (χ2v) is 7.55. The highest BCUT2D eigenvalue weighted by molar-refractivity contribution is 5.95. The third-order valence-electron chi connectivity index (χ3n) is 5.62. The number of rotatable bonds is 7. The Hall–Kier alpha value is -2.20. The normalized spacial score (nSPS) is 25.3. The Morgan fingerprint density at radius 2 is 1.64 bits per heavy atom. The van der Waals surface area contributed by atoms with Gasteiger partial charge in [-0.3, -0.25) is 19.2 Å². The molecule has 5 N–H and O–H groups in total. The molecule has 2 aliphatic heterocycles. The molecule has 0 aliphatic carbocycles. The van der Waals surface area contributed by atoms with Crippen molar-refractivity contribution in [3.63, 3.8) is 0 Å². The van der Waals surface area contributed by atoms with Crippen LogP contribution in [0.15, 0.2) is 0 Å². The summed E-state index contributed by atoms with van der Waals surface area (Å²) in [7, 11) is 0. The smallest absolute Gasteiger partial charge is 0.246 e. The molecule has 28 heavy (non-hydrogen) atoms. The average Bonchev–Trinajstić information content (AvgIpc) is 3.32. The lowest BCUT2D eigenvalue weighted by molar-refractivity contribution is -0.149. The Kier molecular flexibility index (Phi) is 7.36. The van der Waals surface area contributed by atoms with Crippen LogP contribution in [-0.2, 0) is 19.2 Å². The predicted octanol–water partition coefficient (Wildman–Crippen LogP) is -2.05. The van der Waals surface area contributed by atoms with Crippen LogP contribution < -0.4 is 11.1 Å². The molecular formula is C18H30N4O6. The van der Waals surface area contributed by atoms with Crippen molar-refractivity contribution >= 4 is 23.6 Å². The van der Waals surface area contributed by atoms with E-state index in [0.717, 1.165) is 0 Å². The largest absolute Gasteiger partial charge is 0.394 e. The van der Waals surface area contributed by atoms with Crippen LogP contribution in [0.3, 0.4) is 0 Å².